The summed E-state index contributed by atoms with van der Waals surface area (Å²) in [5.74, 6) is 1.49. The number of aromatic nitrogens is 2. The van der Waals surface area contributed by atoms with Gasteiger partial charge in [-0.1, -0.05) is 13.3 Å². The Balaban J connectivity index is 0.00000196. The minimum absolute atomic E-state index is 0. The number of nitrogens with two attached hydrogens (primary N) is 1. The van der Waals surface area contributed by atoms with E-state index < -0.39 is 0 Å². The van der Waals surface area contributed by atoms with Crippen LogP contribution in [0, 0.1) is 11.3 Å². The van der Waals surface area contributed by atoms with E-state index >= 15 is 0 Å². The second kappa shape index (κ2) is 10.9. The van der Waals surface area contributed by atoms with Gasteiger partial charge in [0.2, 0.25) is 5.95 Å². The van der Waals surface area contributed by atoms with Crippen molar-refractivity contribution < 1.29 is 0 Å². The van der Waals surface area contributed by atoms with E-state index in [2.05, 4.69) is 39.6 Å². The lowest BCUT2D eigenvalue weighted by molar-refractivity contribution is 0.616. The number of benzene rings is 1. The number of rotatable bonds is 6. The van der Waals surface area contributed by atoms with Crippen LogP contribution in [0.3, 0.4) is 0 Å². The average Bonchev–Trinajstić information content (AvgIpc) is 3.13. The molecular weight excluding hydrogens is 397 g/mol. The summed E-state index contributed by atoms with van der Waals surface area (Å²) in [5, 5.41) is 15.7. The SMILES string of the molecule is CCCc1cc(N2CCC(NC)C2)nc(Nc2ccc(N)c(C#N)c2)n1.Cl.Cl. The topological polar surface area (TPSA) is 103 Å². The van der Waals surface area contributed by atoms with Crippen LogP contribution in [-0.2, 0) is 6.42 Å². The molecule has 7 nitrogen and oxygen atoms in total. The summed E-state index contributed by atoms with van der Waals surface area (Å²) < 4.78 is 0. The van der Waals surface area contributed by atoms with Crippen molar-refractivity contribution in [3.8, 4) is 6.07 Å². The van der Waals surface area contributed by atoms with Crippen molar-refractivity contribution in [1.29, 1.82) is 5.26 Å². The molecule has 0 radical (unpaired) electrons. The van der Waals surface area contributed by atoms with E-state index in [-0.39, 0.29) is 24.8 Å². The molecule has 1 aliphatic heterocycles. The van der Waals surface area contributed by atoms with Gasteiger partial charge in [0.15, 0.2) is 0 Å². The van der Waals surface area contributed by atoms with E-state index in [1.165, 1.54) is 0 Å². The van der Waals surface area contributed by atoms with Gasteiger partial charge in [0.05, 0.1) is 5.56 Å². The summed E-state index contributed by atoms with van der Waals surface area (Å²) in [4.78, 5) is 11.6. The predicted molar refractivity (Wildman–Crippen MR) is 119 cm³/mol. The minimum atomic E-state index is 0. The molecule has 0 bridgehead atoms. The zero-order valence-electron chi connectivity index (χ0n) is 16.1. The van der Waals surface area contributed by atoms with Gasteiger partial charge in [0.1, 0.15) is 11.9 Å². The quantitative estimate of drug-likeness (QED) is 0.612. The number of hydrogen-bond donors (Lipinski definition) is 3. The predicted octanol–water partition coefficient (Wildman–Crippen LogP) is 3.27. The maximum absolute atomic E-state index is 9.16. The molecular formula is C19H27Cl2N7. The van der Waals surface area contributed by atoms with Crippen LogP contribution in [0.5, 0.6) is 0 Å². The van der Waals surface area contributed by atoms with Crippen molar-refractivity contribution in [2.75, 3.05) is 36.1 Å². The molecule has 1 aromatic heterocycles. The number of nitrogens with one attached hydrogen (secondary N) is 2. The van der Waals surface area contributed by atoms with Gasteiger partial charge in [0, 0.05) is 42.3 Å². The van der Waals surface area contributed by atoms with Crippen molar-refractivity contribution in [2.24, 2.45) is 0 Å². The van der Waals surface area contributed by atoms with Crippen LogP contribution in [0.4, 0.5) is 23.1 Å². The van der Waals surface area contributed by atoms with Gasteiger partial charge < -0.3 is 21.3 Å². The number of nitriles is 1. The van der Waals surface area contributed by atoms with Gasteiger partial charge in [-0.2, -0.15) is 10.2 Å². The standard InChI is InChI=1S/C19H25N7.2ClH/c1-3-4-14-10-18(26-8-7-16(12-26)22-2)25-19(23-14)24-15-5-6-17(21)13(9-15)11-20;;/h5-6,9-10,16,22H,3-4,7-8,12,21H2,1-2H3,(H,23,24,25);2*1H. The first kappa shape index (κ1) is 23.8. The molecule has 4 N–H and O–H groups in total. The van der Waals surface area contributed by atoms with Gasteiger partial charge in [-0.25, -0.2) is 4.98 Å². The highest BCUT2D eigenvalue weighted by Crippen LogP contribution is 2.24. The Hall–Kier alpha value is -2.27. The Morgan fingerprint density at radius 3 is 2.71 bits per heavy atom. The van der Waals surface area contributed by atoms with Crippen LogP contribution in [0.1, 0.15) is 31.0 Å². The number of anilines is 4. The zero-order valence-corrected chi connectivity index (χ0v) is 17.7. The molecule has 2 heterocycles. The van der Waals surface area contributed by atoms with Crippen molar-refractivity contribution in [3.63, 3.8) is 0 Å². The molecule has 0 amide bonds. The van der Waals surface area contributed by atoms with Crippen molar-refractivity contribution >= 4 is 48.0 Å². The van der Waals surface area contributed by atoms with Gasteiger partial charge >= 0.3 is 0 Å². The maximum Gasteiger partial charge on any atom is 0.229 e. The lowest BCUT2D eigenvalue weighted by Gasteiger charge is -2.19. The Morgan fingerprint density at radius 1 is 1.29 bits per heavy atom. The van der Waals surface area contributed by atoms with Crippen molar-refractivity contribution in [3.05, 3.63) is 35.5 Å². The molecule has 1 atom stereocenters. The summed E-state index contributed by atoms with van der Waals surface area (Å²) in [6.07, 6.45) is 3.03. The third-order valence-electron chi connectivity index (χ3n) is 4.62. The van der Waals surface area contributed by atoms with Gasteiger partial charge in [-0.05, 0) is 38.1 Å². The van der Waals surface area contributed by atoms with E-state index in [0.29, 0.717) is 23.2 Å². The van der Waals surface area contributed by atoms with E-state index in [9.17, 15) is 0 Å². The zero-order chi connectivity index (χ0) is 18.5. The normalized spacial score (nSPS) is 15.3. The molecule has 1 aliphatic rings. The number of nitrogens with zero attached hydrogens (tertiary/aromatic N) is 4. The Labute approximate surface area is 178 Å². The number of aryl methyl sites for hydroxylation is 1. The van der Waals surface area contributed by atoms with Crippen molar-refractivity contribution in [1.82, 2.24) is 15.3 Å². The first-order valence-electron chi connectivity index (χ1n) is 8.99. The Kier molecular flexibility index (Phi) is 9.26. The molecule has 28 heavy (non-hydrogen) atoms. The van der Waals surface area contributed by atoms with E-state index in [1.807, 2.05) is 13.1 Å². The van der Waals surface area contributed by atoms with Crippen LogP contribution >= 0.6 is 24.8 Å². The molecule has 1 fully saturated rings. The van der Waals surface area contributed by atoms with Crippen LogP contribution < -0.4 is 21.3 Å². The first-order chi connectivity index (χ1) is 12.6. The fourth-order valence-corrected chi connectivity index (χ4v) is 3.15. The summed E-state index contributed by atoms with van der Waals surface area (Å²) >= 11 is 0. The molecule has 9 heteroatoms. The molecule has 0 aliphatic carbocycles. The van der Waals surface area contributed by atoms with E-state index in [1.54, 1.807) is 12.1 Å². The monoisotopic (exact) mass is 423 g/mol. The summed E-state index contributed by atoms with van der Waals surface area (Å²) in [6, 6.07) is 9.94. The third kappa shape index (κ3) is 5.61. The molecule has 1 unspecified atom stereocenters. The van der Waals surface area contributed by atoms with Crippen LogP contribution in [-0.4, -0.2) is 36.1 Å². The molecule has 2 aromatic rings. The lowest BCUT2D eigenvalue weighted by Crippen LogP contribution is -2.30. The van der Waals surface area contributed by atoms with Gasteiger partial charge in [-0.15, -0.1) is 24.8 Å². The molecule has 1 aromatic carbocycles. The van der Waals surface area contributed by atoms with E-state index in [0.717, 1.165) is 49.6 Å². The molecule has 152 valence electrons. The highest BCUT2D eigenvalue weighted by Gasteiger charge is 2.23. The summed E-state index contributed by atoms with van der Waals surface area (Å²) in [5.41, 5.74) is 8.48. The van der Waals surface area contributed by atoms with Crippen LogP contribution in [0.15, 0.2) is 24.3 Å². The third-order valence-corrected chi connectivity index (χ3v) is 4.62. The average molecular weight is 424 g/mol. The Bertz CT molecular complexity index is 822. The number of hydrogen-bond acceptors (Lipinski definition) is 7. The largest absolute Gasteiger partial charge is 0.398 e. The molecule has 0 spiro atoms. The van der Waals surface area contributed by atoms with Gasteiger partial charge in [0.25, 0.3) is 0 Å². The van der Waals surface area contributed by atoms with Crippen LogP contribution in [0.2, 0.25) is 0 Å². The smallest absolute Gasteiger partial charge is 0.229 e. The second-order valence-corrected chi connectivity index (χ2v) is 6.55. The van der Waals surface area contributed by atoms with Crippen LogP contribution in [0.25, 0.3) is 0 Å². The molecule has 3 rings (SSSR count). The minimum Gasteiger partial charge on any atom is -0.398 e. The first-order valence-corrected chi connectivity index (χ1v) is 8.99. The highest BCUT2D eigenvalue weighted by atomic mass is 35.5. The fraction of sp³-hybridized carbons (Fsp3) is 0.421. The number of likely N-dealkylation sites (N-methyl/N-ethyl adjacent to an activating group) is 1. The number of halogens is 2. The highest BCUT2D eigenvalue weighted by molar-refractivity contribution is 5.85. The summed E-state index contributed by atoms with van der Waals surface area (Å²) in [7, 11) is 2.00. The van der Waals surface area contributed by atoms with Crippen molar-refractivity contribution in [2.45, 2.75) is 32.2 Å². The van der Waals surface area contributed by atoms with E-state index in [4.69, 9.17) is 16.0 Å². The lowest BCUT2D eigenvalue weighted by atomic mass is 10.2. The van der Waals surface area contributed by atoms with Gasteiger partial charge in [-0.3, -0.25) is 0 Å². The summed E-state index contributed by atoms with van der Waals surface area (Å²) in [6.45, 7) is 4.06. The molecule has 0 saturated carbocycles. The fourth-order valence-electron chi connectivity index (χ4n) is 3.15. The second-order valence-electron chi connectivity index (χ2n) is 6.55. The maximum atomic E-state index is 9.16. The Morgan fingerprint density at radius 2 is 2.07 bits per heavy atom. The molecule has 1 saturated heterocycles. The number of nitrogen functional groups attached to an aromatic ring is 1.